The van der Waals surface area contributed by atoms with Crippen molar-refractivity contribution in [2.45, 2.75) is 20.3 Å². The number of hydrogen-bond donors (Lipinski definition) is 1. The van der Waals surface area contributed by atoms with E-state index < -0.39 is 0 Å². The van der Waals surface area contributed by atoms with Crippen molar-refractivity contribution in [3.8, 4) is 17.6 Å². The SMILES string of the molecule is CCOc1ccc(OCC)c(NC(=O)CN2CCCN(c3ccc(C#N)cc3)CC2)c1. The Hall–Kier alpha value is -3.24. The first-order valence-corrected chi connectivity index (χ1v) is 10.8. The largest absolute Gasteiger partial charge is 0.494 e. The Bertz CT molecular complexity index is 908. The van der Waals surface area contributed by atoms with Crippen LogP contribution >= 0.6 is 0 Å². The molecule has 1 fully saturated rings. The van der Waals surface area contributed by atoms with Crippen LogP contribution in [-0.2, 0) is 4.79 Å². The summed E-state index contributed by atoms with van der Waals surface area (Å²) < 4.78 is 11.2. The molecule has 0 aromatic heterocycles. The average Bonchev–Trinajstić information content (AvgIpc) is 3.01. The fraction of sp³-hybridized carbons (Fsp3) is 0.417. The maximum atomic E-state index is 12.7. The minimum atomic E-state index is -0.0681. The smallest absolute Gasteiger partial charge is 0.238 e. The zero-order valence-electron chi connectivity index (χ0n) is 18.3. The number of benzene rings is 2. The van der Waals surface area contributed by atoms with Crippen molar-refractivity contribution < 1.29 is 14.3 Å². The molecule has 0 saturated carbocycles. The molecule has 1 aliphatic rings. The molecule has 0 atom stereocenters. The number of nitriles is 1. The number of ether oxygens (including phenoxy) is 2. The summed E-state index contributed by atoms with van der Waals surface area (Å²) in [4.78, 5) is 17.2. The predicted octanol–water partition coefficient (Wildman–Crippen LogP) is 3.51. The molecule has 7 nitrogen and oxygen atoms in total. The monoisotopic (exact) mass is 422 g/mol. The lowest BCUT2D eigenvalue weighted by Gasteiger charge is -2.23. The van der Waals surface area contributed by atoms with Crippen molar-refractivity contribution in [2.75, 3.05) is 56.2 Å². The van der Waals surface area contributed by atoms with Crippen molar-refractivity contribution in [1.29, 1.82) is 5.26 Å². The van der Waals surface area contributed by atoms with Gasteiger partial charge >= 0.3 is 0 Å². The van der Waals surface area contributed by atoms with Crippen molar-refractivity contribution in [3.05, 3.63) is 48.0 Å². The maximum Gasteiger partial charge on any atom is 0.238 e. The first-order valence-electron chi connectivity index (χ1n) is 10.8. The van der Waals surface area contributed by atoms with E-state index in [2.05, 4.69) is 21.2 Å². The maximum absolute atomic E-state index is 12.7. The molecular formula is C24H30N4O3. The van der Waals surface area contributed by atoms with Gasteiger partial charge in [0.25, 0.3) is 0 Å². The van der Waals surface area contributed by atoms with Crippen molar-refractivity contribution in [1.82, 2.24) is 4.90 Å². The van der Waals surface area contributed by atoms with Crippen LogP contribution in [0.15, 0.2) is 42.5 Å². The molecule has 0 bridgehead atoms. The van der Waals surface area contributed by atoms with Crippen LogP contribution in [0.4, 0.5) is 11.4 Å². The summed E-state index contributed by atoms with van der Waals surface area (Å²) in [5, 5.41) is 12.0. The van der Waals surface area contributed by atoms with Crippen molar-refractivity contribution >= 4 is 17.3 Å². The number of carbonyl (C=O) groups is 1. The van der Waals surface area contributed by atoms with Crippen LogP contribution in [0.25, 0.3) is 0 Å². The van der Waals surface area contributed by atoms with E-state index in [4.69, 9.17) is 14.7 Å². The first-order chi connectivity index (χ1) is 15.1. The lowest BCUT2D eigenvalue weighted by molar-refractivity contribution is -0.117. The molecule has 1 heterocycles. The second kappa shape index (κ2) is 11.2. The van der Waals surface area contributed by atoms with Gasteiger partial charge in [0.15, 0.2) is 0 Å². The minimum Gasteiger partial charge on any atom is -0.494 e. The van der Waals surface area contributed by atoms with E-state index in [0.29, 0.717) is 42.5 Å². The molecule has 164 valence electrons. The quantitative estimate of drug-likeness (QED) is 0.702. The van der Waals surface area contributed by atoms with E-state index in [1.165, 1.54) is 0 Å². The molecule has 2 aromatic carbocycles. The average molecular weight is 423 g/mol. The Morgan fingerprint density at radius 1 is 1.03 bits per heavy atom. The number of nitrogens with zero attached hydrogens (tertiary/aromatic N) is 3. The number of hydrogen-bond acceptors (Lipinski definition) is 6. The molecule has 0 unspecified atom stereocenters. The Morgan fingerprint density at radius 3 is 2.52 bits per heavy atom. The van der Waals surface area contributed by atoms with Gasteiger partial charge in [-0.25, -0.2) is 0 Å². The van der Waals surface area contributed by atoms with Crippen molar-refractivity contribution in [3.63, 3.8) is 0 Å². The highest BCUT2D eigenvalue weighted by Crippen LogP contribution is 2.29. The zero-order valence-corrected chi connectivity index (χ0v) is 18.3. The number of nitrogens with one attached hydrogen (secondary N) is 1. The van der Waals surface area contributed by atoms with Gasteiger partial charge in [-0.3, -0.25) is 9.69 Å². The van der Waals surface area contributed by atoms with Crippen LogP contribution in [0, 0.1) is 11.3 Å². The third kappa shape index (κ3) is 6.37. The molecule has 1 N–H and O–H groups in total. The van der Waals surface area contributed by atoms with E-state index in [0.717, 1.165) is 38.3 Å². The second-order valence-corrected chi connectivity index (χ2v) is 7.35. The number of rotatable bonds is 8. The Balaban J connectivity index is 1.58. The molecule has 7 heteroatoms. The van der Waals surface area contributed by atoms with Gasteiger partial charge in [-0.15, -0.1) is 0 Å². The molecule has 31 heavy (non-hydrogen) atoms. The third-order valence-electron chi connectivity index (χ3n) is 5.15. The lowest BCUT2D eigenvalue weighted by Crippen LogP contribution is -2.36. The van der Waals surface area contributed by atoms with Crippen LogP contribution in [0.2, 0.25) is 0 Å². The van der Waals surface area contributed by atoms with Gasteiger partial charge in [-0.05, 0) is 56.7 Å². The summed E-state index contributed by atoms with van der Waals surface area (Å²) in [6.45, 7) is 8.67. The van der Waals surface area contributed by atoms with Crippen LogP contribution in [0.5, 0.6) is 11.5 Å². The summed E-state index contributed by atoms with van der Waals surface area (Å²) >= 11 is 0. The highest BCUT2D eigenvalue weighted by Gasteiger charge is 2.18. The van der Waals surface area contributed by atoms with E-state index in [1.54, 1.807) is 6.07 Å². The standard InChI is InChI=1S/C24H30N4O3/c1-3-30-21-10-11-23(31-4-2)22(16-21)26-24(29)18-27-12-5-13-28(15-14-27)20-8-6-19(17-25)7-9-20/h6-11,16H,3-5,12-15,18H2,1-2H3,(H,26,29). The molecular weight excluding hydrogens is 392 g/mol. The normalized spacial score (nSPS) is 14.4. The zero-order chi connectivity index (χ0) is 22.1. The molecule has 0 spiro atoms. The summed E-state index contributed by atoms with van der Waals surface area (Å²) in [7, 11) is 0. The van der Waals surface area contributed by atoms with Gasteiger partial charge in [-0.2, -0.15) is 5.26 Å². The van der Waals surface area contributed by atoms with Gasteiger partial charge in [0.1, 0.15) is 11.5 Å². The Kier molecular flexibility index (Phi) is 8.13. The summed E-state index contributed by atoms with van der Waals surface area (Å²) in [6, 6.07) is 15.3. The van der Waals surface area contributed by atoms with Crippen LogP contribution in [-0.4, -0.2) is 56.7 Å². The highest BCUT2D eigenvalue weighted by molar-refractivity contribution is 5.94. The fourth-order valence-corrected chi connectivity index (χ4v) is 3.67. The van der Waals surface area contributed by atoms with Crippen molar-refractivity contribution in [2.24, 2.45) is 0 Å². The summed E-state index contributed by atoms with van der Waals surface area (Å²) in [6.07, 6.45) is 0.970. The summed E-state index contributed by atoms with van der Waals surface area (Å²) in [5.74, 6) is 1.28. The number of amides is 1. The Labute approximate surface area is 184 Å². The molecule has 1 aliphatic heterocycles. The Morgan fingerprint density at radius 2 is 1.81 bits per heavy atom. The molecule has 0 radical (unpaired) electrons. The van der Waals surface area contributed by atoms with Gasteiger partial charge in [0.2, 0.25) is 5.91 Å². The second-order valence-electron chi connectivity index (χ2n) is 7.35. The van der Waals surface area contributed by atoms with Gasteiger partial charge in [0.05, 0.1) is 37.1 Å². The van der Waals surface area contributed by atoms with E-state index in [1.807, 2.05) is 50.2 Å². The third-order valence-corrected chi connectivity index (χ3v) is 5.15. The molecule has 3 rings (SSSR count). The highest BCUT2D eigenvalue weighted by atomic mass is 16.5. The number of carbonyl (C=O) groups excluding carboxylic acids is 1. The van der Waals surface area contributed by atoms with Crippen LogP contribution in [0.3, 0.4) is 0 Å². The predicted molar refractivity (Wildman–Crippen MR) is 122 cm³/mol. The molecule has 1 amide bonds. The lowest BCUT2D eigenvalue weighted by atomic mass is 10.2. The summed E-state index contributed by atoms with van der Waals surface area (Å²) in [5.41, 5.74) is 2.41. The van der Waals surface area contributed by atoms with E-state index >= 15 is 0 Å². The van der Waals surface area contributed by atoms with Gasteiger partial charge in [-0.1, -0.05) is 0 Å². The fourth-order valence-electron chi connectivity index (χ4n) is 3.67. The molecule has 0 aliphatic carbocycles. The molecule has 2 aromatic rings. The minimum absolute atomic E-state index is 0.0681. The first kappa shape index (κ1) is 22.4. The van der Waals surface area contributed by atoms with E-state index in [-0.39, 0.29) is 5.91 Å². The van der Waals surface area contributed by atoms with E-state index in [9.17, 15) is 4.79 Å². The molecule has 1 saturated heterocycles. The number of anilines is 2. The van der Waals surface area contributed by atoms with Crippen LogP contribution < -0.4 is 19.7 Å². The van der Waals surface area contributed by atoms with Gasteiger partial charge in [0, 0.05) is 37.9 Å². The topological polar surface area (TPSA) is 77.8 Å². The van der Waals surface area contributed by atoms with Gasteiger partial charge < -0.3 is 19.7 Å². The van der Waals surface area contributed by atoms with Crippen LogP contribution in [0.1, 0.15) is 25.8 Å².